The van der Waals surface area contributed by atoms with Crippen molar-refractivity contribution < 1.29 is 17.5 Å². The molecule has 2 N–H and O–H groups in total. The summed E-state index contributed by atoms with van der Waals surface area (Å²) in [5.74, 6) is -0.531. The highest BCUT2D eigenvalue weighted by atomic mass is 79.9. The van der Waals surface area contributed by atoms with Crippen LogP contribution in [0.5, 0.6) is 5.75 Å². The molecule has 2 rings (SSSR count). The molecule has 0 saturated carbocycles. The van der Waals surface area contributed by atoms with Gasteiger partial charge in [-0.25, -0.2) is 12.8 Å². The van der Waals surface area contributed by atoms with Crippen molar-refractivity contribution in [2.75, 3.05) is 13.7 Å². The first-order chi connectivity index (χ1) is 10.3. The number of hydrogen-bond donors (Lipinski definition) is 1. The number of hydrogen-bond acceptors (Lipinski definition) is 4. The fourth-order valence-corrected chi connectivity index (χ4v) is 5.00. The van der Waals surface area contributed by atoms with Crippen LogP contribution in [0.4, 0.5) is 4.39 Å². The Labute approximate surface area is 138 Å². The Morgan fingerprint density at radius 1 is 1.45 bits per heavy atom. The summed E-state index contributed by atoms with van der Waals surface area (Å²) in [6.07, 6.45) is 2.41. The van der Waals surface area contributed by atoms with Gasteiger partial charge < -0.3 is 10.5 Å². The van der Waals surface area contributed by atoms with Gasteiger partial charge in [0.15, 0.2) is 0 Å². The molecule has 0 radical (unpaired) electrons. The number of methoxy groups -OCH3 is 1. The van der Waals surface area contributed by atoms with Crippen LogP contribution in [0, 0.1) is 5.82 Å². The summed E-state index contributed by atoms with van der Waals surface area (Å²) in [5.41, 5.74) is 5.94. The van der Waals surface area contributed by atoms with Crippen molar-refractivity contribution in [2.24, 2.45) is 5.73 Å². The van der Waals surface area contributed by atoms with Gasteiger partial charge in [-0.05, 0) is 47.8 Å². The lowest BCUT2D eigenvalue weighted by Gasteiger charge is -2.37. The van der Waals surface area contributed by atoms with Crippen molar-refractivity contribution in [2.45, 2.75) is 43.2 Å². The first-order valence-electron chi connectivity index (χ1n) is 7.09. The molecule has 0 aliphatic carbocycles. The third kappa shape index (κ3) is 3.29. The minimum absolute atomic E-state index is 0.113. The molecule has 2 atom stereocenters. The predicted octanol–water partition coefficient (Wildman–Crippen LogP) is 2.49. The molecule has 1 saturated heterocycles. The molecule has 1 aliphatic heterocycles. The highest BCUT2D eigenvalue weighted by molar-refractivity contribution is 9.10. The number of halogens is 2. The van der Waals surface area contributed by atoms with Crippen LogP contribution < -0.4 is 10.5 Å². The van der Waals surface area contributed by atoms with E-state index in [9.17, 15) is 12.8 Å². The molecule has 1 heterocycles. The number of nitrogens with zero attached hydrogens (tertiary/aromatic N) is 1. The number of piperidine rings is 1. The van der Waals surface area contributed by atoms with E-state index >= 15 is 0 Å². The highest BCUT2D eigenvalue weighted by Crippen LogP contribution is 2.34. The molecule has 1 aromatic rings. The van der Waals surface area contributed by atoms with Crippen molar-refractivity contribution in [3.8, 4) is 5.75 Å². The zero-order valence-electron chi connectivity index (χ0n) is 12.6. The summed E-state index contributed by atoms with van der Waals surface area (Å²) < 4.78 is 46.4. The quantitative estimate of drug-likeness (QED) is 0.850. The third-order valence-electron chi connectivity index (χ3n) is 3.90. The lowest BCUT2D eigenvalue weighted by atomic mass is 10.00. The molecule has 5 nitrogen and oxygen atoms in total. The van der Waals surface area contributed by atoms with Gasteiger partial charge in [-0.3, -0.25) is 0 Å². The monoisotopic (exact) mass is 394 g/mol. The molecule has 0 amide bonds. The first kappa shape index (κ1) is 17.7. The molecule has 2 unspecified atom stereocenters. The Kier molecular flexibility index (Phi) is 5.47. The molecule has 0 bridgehead atoms. The summed E-state index contributed by atoms with van der Waals surface area (Å²) in [7, 11) is -2.51. The number of nitrogens with two attached hydrogens (primary N) is 1. The summed E-state index contributed by atoms with van der Waals surface area (Å²) >= 11 is 3.04. The SMILES string of the molecule is COc1cc(Br)c(F)cc1S(=O)(=O)N1CCCCC1C(C)N. The maximum absolute atomic E-state index is 13.8. The van der Waals surface area contributed by atoms with E-state index in [2.05, 4.69) is 15.9 Å². The van der Waals surface area contributed by atoms with Gasteiger partial charge in [0.25, 0.3) is 0 Å². The Morgan fingerprint density at radius 3 is 2.73 bits per heavy atom. The van der Waals surface area contributed by atoms with Crippen LogP contribution >= 0.6 is 15.9 Å². The second-order valence-corrected chi connectivity index (χ2v) is 8.17. The summed E-state index contributed by atoms with van der Waals surface area (Å²) in [4.78, 5) is -0.164. The van der Waals surface area contributed by atoms with Gasteiger partial charge >= 0.3 is 0 Å². The zero-order valence-corrected chi connectivity index (χ0v) is 15.0. The smallest absolute Gasteiger partial charge is 0.247 e. The number of sulfonamides is 1. The van der Waals surface area contributed by atoms with Crippen molar-refractivity contribution in [3.63, 3.8) is 0 Å². The summed E-state index contributed by atoms with van der Waals surface area (Å²) in [6.45, 7) is 2.17. The van der Waals surface area contributed by atoms with Crippen LogP contribution in [0.1, 0.15) is 26.2 Å². The van der Waals surface area contributed by atoms with Gasteiger partial charge in [-0.2, -0.15) is 4.31 Å². The molecule has 8 heteroatoms. The molecular formula is C14H20BrFN2O3S. The molecule has 1 aliphatic rings. The number of rotatable bonds is 4. The fraction of sp³-hybridized carbons (Fsp3) is 0.571. The van der Waals surface area contributed by atoms with Crippen LogP contribution in [0.15, 0.2) is 21.5 Å². The van der Waals surface area contributed by atoms with Gasteiger partial charge in [0.05, 0.1) is 11.6 Å². The molecule has 22 heavy (non-hydrogen) atoms. The van der Waals surface area contributed by atoms with Crippen LogP contribution in [0.25, 0.3) is 0 Å². The van der Waals surface area contributed by atoms with E-state index in [0.717, 1.165) is 18.9 Å². The largest absolute Gasteiger partial charge is 0.495 e. The second kappa shape index (κ2) is 6.82. The molecule has 0 spiro atoms. The predicted molar refractivity (Wildman–Crippen MR) is 85.8 cm³/mol. The normalized spacial score (nSPS) is 21.6. The zero-order chi connectivity index (χ0) is 16.5. The standard InChI is InChI=1S/C14H20BrFN2O3S/c1-9(17)12-5-3-4-6-18(12)22(19,20)14-8-11(16)10(15)7-13(14)21-2/h7-9,12H,3-6,17H2,1-2H3. The lowest BCUT2D eigenvalue weighted by Crippen LogP contribution is -2.51. The summed E-state index contributed by atoms with van der Waals surface area (Å²) in [6, 6.07) is 1.74. The van der Waals surface area contributed by atoms with Gasteiger partial charge in [0.1, 0.15) is 16.5 Å². The van der Waals surface area contributed by atoms with Crippen molar-refractivity contribution in [3.05, 3.63) is 22.4 Å². The highest BCUT2D eigenvalue weighted by Gasteiger charge is 2.37. The summed E-state index contributed by atoms with van der Waals surface area (Å²) in [5, 5.41) is 0. The number of benzene rings is 1. The van der Waals surface area contributed by atoms with Crippen LogP contribution in [-0.4, -0.2) is 38.5 Å². The minimum atomic E-state index is -3.87. The van der Waals surface area contributed by atoms with Crippen LogP contribution in [0.2, 0.25) is 0 Å². The average Bonchev–Trinajstić information content (AvgIpc) is 2.49. The van der Waals surface area contributed by atoms with E-state index in [1.807, 2.05) is 0 Å². The second-order valence-electron chi connectivity index (χ2n) is 5.46. The van der Waals surface area contributed by atoms with E-state index in [0.29, 0.717) is 13.0 Å². The first-order valence-corrected chi connectivity index (χ1v) is 9.32. The molecular weight excluding hydrogens is 375 g/mol. The van der Waals surface area contributed by atoms with Crippen molar-refractivity contribution in [1.29, 1.82) is 0 Å². The molecule has 0 aromatic heterocycles. The Morgan fingerprint density at radius 2 is 2.14 bits per heavy atom. The van der Waals surface area contributed by atoms with Crippen LogP contribution in [0.3, 0.4) is 0 Å². The van der Waals surface area contributed by atoms with Crippen LogP contribution in [-0.2, 0) is 10.0 Å². The topological polar surface area (TPSA) is 72.6 Å². The van der Waals surface area contributed by atoms with Crippen molar-refractivity contribution in [1.82, 2.24) is 4.31 Å². The Balaban J connectivity index is 2.51. The third-order valence-corrected chi connectivity index (χ3v) is 6.45. The molecule has 124 valence electrons. The van der Waals surface area contributed by atoms with Gasteiger partial charge in [-0.1, -0.05) is 6.42 Å². The van der Waals surface area contributed by atoms with E-state index in [1.54, 1.807) is 6.92 Å². The Hall–Kier alpha value is -0.700. The lowest BCUT2D eigenvalue weighted by molar-refractivity contribution is 0.226. The maximum atomic E-state index is 13.8. The average molecular weight is 395 g/mol. The maximum Gasteiger partial charge on any atom is 0.247 e. The van der Waals surface area contributed by atoms with Gasteiger partial charge in [-0.15, -0.1) is 0 Å². The van der Waals surface area contributed by atoms with E-state index in [-0.39, 0.29) is 27.2 Å². The Bertz CT molecular complexity index is 652. The van der Waals surface area contributed by atoms with E-state index in [1.165, 1.54) is 17.5 Å². The molecule has 1 aromatic carbocycles. The number of ether oxygens (including phenoxy) is 1. The molecule has 1 fully saturated rings. The van der Waals surface area contributed by atoms with Crippen molar-refractivity contribution >= 4 is 26.0 Å². The van der Waals surface area contributed by atoms with E-state index < -0.39 is 15.8 Å². The van der Waals surface area contributed by atoms with E-state index in [4.69, 9.17) is 10.5 Å². The van der Waals surface area contributed by atoms with Gasteiger partial charge in [0, 0.05) is 18.6 Å². The minimum Gasteiger partial charge on any atom is -0.495 e. The van der Waals surface area contributed by atoms with Gasteiger partial charge in [0.2, 0.25) is 10.0 Å². The fourth-order valence-electron chi connectivity index (χ4n) is 2.75.